The highest BCUT2D eigenvalue weighted by Crippen LogP contribution is 2.32. The van der Waals surface area contributed by atoms with Crippen LogP contribution in [0.25, 0.3) is 0 Å². The average Bonchev–Trinajstić information content (AvgIpc) is 2.57. The van der Waals surface area contributed by atoms with E-state index in [-0.39, 0.29) is 5.60 Å². The van der Waals surface area contributed by atoms with Gasteiger partial charge < -0.3 is 10.4 Å². The lowest BCUT2D eigenvalue weighted by atomic mass is 9.82. The second-order valence-electron chi connectivity index (χ2n) is 4.49. The first-order valence-corrected chi connectivity index (χ1v) is 5.37. The maximum absolute atomic E-state index is 10.3. The van der Waals surface area contributed by atoms with E-state index >= 15 is 0 Å². The van der Waals surface area contributed by atoms with Crippen LogP contribution >= 0.6 is 0 Å². The van der Waals surface area contributed by atoms with E-state index in [0.29, 0.717) is 5.92 Å². The molecule has 1 aliphatic carbocycles. The van der Waals surface area contributed by atoms with Crippen molar-refractivity contribution in [3.05, 3.63) is 12.2 Å². The van der Waals surface area contributed by atoms with Crippen molar-refractivity contribution in [1.29, 1.82) is 0 Å². The quantitative estimate of drug-likeness (QED) is 0.632. The molecule has 2 N–H and O–H groups in total. The van der Waals surface area contributed by atoms with Crippen molar-refractivity contribution in [2.45, 2.75) is 37.7 Å². The fourth-order valence-corrected chi connectivity index (χ4v) is 2.47. The summed E-state index contributed by atoms with van der Waals surface area (Å²) in [5.74, 6) is 0.711. The Morgan fingerprint density at radius 3 is 2.46 bits per heavy atom. The molecule has 2 heteroatoms. The number of rotatable bonds is 2. The van der Waals surface area contributed by atoms with Crippen molar-refractivity contribution in [3.63, 3.8) is 0 Å². The SMILES string of the molecule is OC1(CC2CC=CC2)CCNCC1. The number of aliphatic hydroxyl groups is 1. The molecule has 0 aromatic carbocycles. The number of allylic oxidation sites excluding steroid dienone is 2. The molecule has 0 aromatic rings. The van der Waals surface area contributed by atoms with Crippen LogP contribution in [0.5, 0.6) is 0 Å². The van der Waals surface area contributed by atoms with Gasteiger partial charge in [0.1, 0.15) is 0 Å². The minimum absolute atomic E-state index is 0.359. The molecule has 0 amide bonds. The fraction of sp³-hybridized carbons (Fsp3) is 0.818. The van der Waals surface area contributed by atoms with E-state index in [2.05, 4.69) is 17.5 Å². The largest absolute Gasteiger partial charge is 0.390 e. The number of hydrogen-bond donors (Lipinski definition) is 2. The standard InChI is InChI=1S/C11H19NO/c13-11(5-7-12-8-6-11)9-10-3-1-2-4-10/h1-2,10,12-13H,3-9H2. The van der Waals surface area contributed by atoms with Gasteiger partial charge in [0.05, 0.1) is 5.60 Å². The lowest BCUT2D eigenvalue weighted by Gasteiger charge is -2.34. The normalized spacial score (nSPS) is 28.1. The van der Waals surface area contributed by atoms with Gasteiger partial charge in [-0.1, -0.05) is 12.2 Å². The summed E-state index contributed by atoms with van der Waals surface area (Å²) in [7, 11) is 0. The van der Waals surface area contributed by atoms with Crippen LogP contribution in [-0.4, -0.2) is 23.8 Å². The Balaban J connectivity index is 1.84. The van der Waals surface area contributed by atoms with Gasteiger partial charge in [-0.2, -0.15) is 0 Å². The summed E-state index contributed by atoms with van der Waals surface area (Å²) in [6.07, 6.45) is 9.71. The smallest absolute Gasteiger partial charge is 0.0674 e. The Morgan fingerprint density at radius 2 is 1.85 bits per heavy atom. The van der Waals surface area contributed by atoms with Crippen LogP contribution in [0.3, 0.4) is 0 Å². The van der Waals surface area contributed by atoms with Crippen LogP contribution in [0.4, 0.5) is 0 Å². The molecule has 0 atom stereocenters. The molecule has 0 saturated carbocycles. The van der Waals surface area contributed by atoms with Crippen LogP contribution < -0.4 is 5.32 Å². The molecule has 0 radical (unpaired) electrons. The van der Waals surface area contributed by atoms with E-state index in [1.54, 1.807) is 0 Å². The van der Waals surface area contributed by atoms with E-state index < -0.39 is 0 Å². The van der Waals surface area contributed by atoms with Gasteiger partial charge in [0.25, 0.3) is 0 Å². The Hall–Kier alpha value is -0.340. The third kappa shape index (κ3) is 2.32. The van der Waals surface area contributed by atoms with Crippen LogP contribution in [0.15, 0.2) is 12.2 Å². The van der Waals surface area contributed by atoms with E-state index in [0.717, 1.165) is 32.4 Å². The van der Waals surface area contributed by atoms with Crippen molar-refractivity contribution in [3.8, 4) is 0 Å². The molecule has 0 unspecified atom stereocenters. The summed E-state index contributed by atoms with van der Waals surface area (Å²) in [5, 5.41) is 13.6. The summed E-state index contributed by atoms with van der Waals surface area (Å²) in [6.45, 7) is 1.97. The van der Waals surface area contributed by atoms with Crippen LogP contribution in [0.2, 0.25) is 0 Å². The molecule has 1 saturated heterocycles. The molecular formula is C11H19NO. The van der Waals surface area contributed by atoms with Gasteiger partial charge in [-0.25, -0.2) is 0 Å². The Morgan fingerprint density at radius 1 is 1.23 bits per heavy atom. The van der Waals surface area contributed by atoms with Crippen molar-refractivity contribution < 1.29 is 5.11 Å². The van der Waals surface area contributed by atoms with E-state index in [4.69, 9.17) is 0 Å². The Labute approximate surface area is 80.0 Å². The number of nitrogens with one attached hydrogen (secondary N) is 1. The highest BCUT2D eigenvalue weighted by Gasteiger charge is 2.31. The minimum Gasteiger partial charge on any atom is -0.390 e. The predicted molar refractivity (Wildman–Crippen MR) is 53.5 cm³/mol. The van der Waals surface area contributed by atoms with E-state index in [1.165, 1.54) is 12.8 Å². The first kappa shape index (κ1) is 9.22. The van der Waals surface area contributed by atoms with Crippen LogP contribution in [0, 0.1) is 5.92 Å². The Bertz CT molecular complexity index is 186. The number of hydrogen-bond acceptors (Lipinski definition) is 2. The van der Waals surface area contributed by atoms with Gasteiger partial charge in [-0.15, -0.1) is 0 Å². The van der Waals surface area contributed by atoms with Crippen molar-refractivity contribution in [2.24, 2.45) is 5.92 Å². The topological polar surface area (TPSA) is 32.3 Å². The average molecular weight is 181 g/mol. The molecule has 1 aliphatic heterocycles. The maximum atomic E-state index is 10.3. The summed E-state index contributed by atoms with van der Waals surface area (Å²) in [6, 6.07) is 0. The minimum atomic E-state index is -0.359. The molecule has 0 aromatic heterocycles. The molecule has 2 aliphatic rings. The maximum Gasteiger partial charge on any atom is 0.0674 e. The van der Waals surface area contributed by atoms with Gasteiger partial charge in [0.15, 0.2) is 0 Å². The van der Waals surface area contributed by atoms with Crippen molar-refractivity contribution >= 4 is 0 Å². The van der Waals surface area contributed by atoms with Crippen molar-refractivity contribution in [2.75, 3.05) is 13.1 Å². The first-order chi connectivity index (χ1) is 6.29. The lowest BCUT2D eigenvalue weighted by molar-refractivity contribution is -0.0104. The van der Waals surface area contributed by atoms with E-state index in [9.17, 15) is 5.11 Å². The van der Waals surface area contributed by atoms with E-state index in [1.807, 2.05) is 0 Å². The molecule has 0 spiro atoms. The second-order valence-corrected chi connectivity index (χ2v) is 4.49. The first-order valence-electron chi connectivity index (χ1n) is 5.37. The second kappa shape index (κ2) is 3.81. The van der Waals surface area contributed by atoms with Gasteiger partial charge in [-0.05, 0) is 51.1 Å². The molecular weight excluding hydrogens is 162 g/mol. The van der Waals surface area contributed by atoms with Gasteiger partial charge >= 0.3 is 0 Å². The Kier molecular flexibility index (Phi) is 2.70. The summed E-state index contributed by atoms with van der Waals surface area (Å²) in [4.78, 5) is 0. The zero-order chi connectivity index (χ0) is 9.15. The zero-order valence-electron chi connectivity index (χ0n) is 8.13. The fourth-order valence-electron chi connectivity index (χ4n) is 2.47. The summed E-state index contributed by atoms with van der Waals surface area (Å²) in [5.41, 5.74) is -0.359. The molecule has 13 heavy (non-hydrogen) atoms. The van der Waals surface area contributed by atoms with Gasteiger partial charge in [0, 0.05) is 0 Å². The molecule has 1 heterocycles. The van der Waals surface area contributed by atoms with Crippen LogP contribution in [-0.2, 0) is 0 Å². The zero-order valence-corrected chi connectivity index (χ0v) is 8.13. The lowest BCUT2D eigenvalue weighted by Crippen LogP contribution is -2.42. The molecule has 74 valence electrons. The highest BCUT2D eigenvalue weighted by atomic mass is 16.3. The molecule has 1 fully saturated rings. The molecule has 2 rings (SSSR count). The highest BCUT2D eigenvalue weighted by molar-refractivity contribution is 4.97. The monoisotopic (exact) mass is 181 g/mol. The predicted octanol–water partition coefficient (Wildman–Crippen LogP) is 1.46. The third-order valence-electron chi connectivity index (χ3n) is 3.31. The summed E-state index contributed by atoms with van der Waals surface area (Å²) >= 11 is 0. The molecule has 0 bridgehead atoms. The third-order valence-corrected chi connectivity index (χ3v) is 3.31. The summed E-state index contributed by atoms with van der Waals surface area (Å²) < 4.78 is 0. The van der Waals surface area contributed by atoms with Gasteiger partial charge in [0.2, 0.25) is 0 Å². The number of piperidine rings is 1. The van der Waals surface area contributed by atoms with Gasteiger partial charge in [-0.3, -0.25) is 0 Å². The molecule has 2 nitrogen and oxygen atoms in total. The van der Waals surface area contributed by atoms with Crippen LogP contribution in [0.1, 0.15) is 32.1 Å². The van der Waals surface area contributed by atoms with Crippen molar-refractivity contribution in [1.82, 2.24) is 5.32 Å².